The Labute approximate surface area is 121 Å². The summed E-state index contributed by atoms with van der Waals surface area (Å²) in [6.45, 7) is 6.03. The molecule has 3 nitrogen and oxygen atoms in total. The number of para-hydroxylation sites is 1. The monoisotopic (exact) mass is 269 g/mol. The Morgan fingerprint density at radius 3 is 2.50 bits per heavy atom. The minimum atomic E-state index is 0.0870. The summed E-state index contributed by atoms with van der Waals surface area (Å²) in [7, 11) is 0. The molecule has 2 N–H and O–H groups in total. The first-order valence-corrected chi connectivity index (χ1v) is 7.25. The minimum absolute atomic E-state index is 0.0870. The predicted octanol–water partition coefficient (Wildman–Crippen LogP) is 3.52. The summed E-state index contributed by atoms with van der Waals surface area (Å²) in [5, 5.41) is 0. The molecule has 0 amide bonds. The van der Waals surface area contributed by atoms with Crippen LogP contribution in [-0.2, 0) is 6.54 Å². The fourth-order valence-electron chi connectivity index (χ4n) is 2.36. The van der Waals surface area contributed by atoms with Crippen LogP contribution in [0.5, 0.6) is 0 Å². The molecule has 0 saturated carbocycles. The van der Waals surface area contributed by atoms with E-state index in [9.17, 15) is 0 Å². The van der Waals surface area contributed by atoms with Crippen molar-refractivity contribution in [2.45, 2.75) is 32.9 Å². The SMILES string of the molecule is CC[C@H](N)c1ccccc1N(CC)Cc1ccccn1. The number of pyridine rings is 1. The van der Waals surface area contributed by atoms with Gasteiger partial charge in [-0.3, -0.25) is 4.98 Å². The van der Waals surface area contributed by atoms with Crippen molar-refractivity contribution >= 4 is 5.69 Å². The van der Waals surface area contributed by atoms with E-state index in [1.165, 1.54) is 11.3 Å². The van der Waals surface area contributed by atoms with Gasteiger partial charge >= 0.3 is 0 Å². The van der Waals surface area contributed by atoms with Crippen LogP contribution in [0.1, 0.15) is 37.6 Å². The molecule has 1 atom stereocenters. The van der Waals surface area contributed by atoms with Gasteiger partial charge in [-0.05, 0) is 37.1 Å². The first-order valence-electron chi connectivity index (χ1n) is 7.25. The summed E-state index contributed by atoms with van der Waals surface area (Å²) in [6.07, 6.45) is 2.78. The molecule has 1 aromatic carbocycles. The Bertz CT molecular complexity index is 525. The molecule has 0 radical (unpaired) electrons. The molecule has 0 aliphatic heterocycles. The maximum atomic E-state index is 6.24. The number of benzene rings is 1. The fraction of sp³-hybridized carbons (Fsp3) is 0.353. The van der Waals surface area contributed by atoms with Crippen LogP contribution in [-0.4, -0.2) is 11.5 Å². The van der Waals surface area contributed by atoms with Gasteiger partial charge in [0.05, 0.1) is 12.2 Å². The number of nitrogens with two attached hydrogens (primary N) is 1. The highest BCUT2D eigenvalue weighted by molar-refractivity contribution is 5.55. The van der Waals surface area contributed by atoms with Gasteiger partial charge in [-0.15, -0.1) is 0 Å². The molecule has 20 heavy (non-hydrogen) atoms. The van der Waals surface area contributed by atoms with E-state index in [2.05, 4.69) is 54.1 Å². The van der Waals surface area contributed by atoms with Gasteiger partial charge in [0.1, 0.15) is 0 Å². The van der Waals surface area contributed by atoms with Crippen LogP contribution in [0.25, 0.3) is 0 Å². The van der Waals surface area contributed by atoms with Gasteiger partial charge in [0.25, 0.3) is 0 Å². The quantitative estimate of drug-likeness (QED) is 0.872. The molecule has 0 unspecified atom stereocenters. The van der Waals surface area contributed by atoms with E-state index >= 15 is 0 Å². The van der Waals surface area contributed by atoms with Crippen molar-refractivity contribution in [2.24, 2.45) is 5.73 Å². The lowest BCUT2D eigenvalue weighted by atomic mass is 10.0. The molecule has 1 aromatic heterocycles. The Hall–Kier alpha value is -1.87. The number of aromatic nitrogens is 1. The number of hydrogen-bond acceptors (Lipinski definition) is 3. The Kier molecular flexibility index (Phi) is 5.13. The zero-order valence-corrected chi connectivity index (χ0v) is 12.3. The highest BCUT2D eigenvalue weighted by atomic mass is 15.1. The molecule has 0 spiro atoms. The van der Waals surface area contributed by atoms with Crippen molar-refractivity contribution in [1.29, 1.82) is 0 Å². The average molecular weight is 269 g/mol. The van der Waals surface area contributed by atoms with Crippen molar-refractivity contribution in [2.75, 3.05) is 11.4 Å². The molecule has 0 aliphatic carbocycles. The van der Waals surface area contributed by atoms with E-state index in [1.54, 1.807) is 0 Å². The normalized spacial score (nSPS) is 12.2. The molecule has 0 aliphatic rings. The lowest BCUT2D eigenvalue weighted by molar-refractivity contribution is 0.688. The Morgan fingerprint density at radius 1 is 1.10 bits per heavy atom. The van der Waals surface area contributed by atoms with Crippen molar-refractivity contribution in [3.8, 4) is 0 Å². The van der Waals surface area contributed by atoms with E-state index < -0.39 is 0 Å². The largest absolute Gasteiger partial charge is 0.366 e. The molecule has 0 bridgehead atoms. The molecule has 106 valence electrons. The fourth-order valence-corrected chi connectivity index (χ4v) is 2.36. The predicted molar refractivity (Wildman–Crippen MR) is 84.6 cm³/mol. The number of hydrogen-bond donors (Lipinski definition) is 1. The summed E-state index contributed by atoms with van der Waals surface area (Å²) >= 11 is 0. The number of nitrogens with zero attached hydrogens (tertiary/aromatic N) is 2. The maximum absolute atomic E-state index is 6.24. The van der Waals surface area contributed by atoms with Crippen molar-refractivity contribution in [3.63, 3.8) is 0 Å². The topological polar surface area (TPSA) is 42.1 Å². The second-order valence-corrected chi connectivity index (χ2v) is 4.91. The number of anilines is 1. The van der Waals surface area contributed by atoms with Crippen LogP contribution in [0.2, 0.25) is 0 Å². The molecular weight excluding hydrogens is 246 g/mol. The molecule has 2 aromatic rings. The van der Waals surface area contributed by atoms with Gasteiger partial charge in [0, 0.05) is 24.5 Å². The van der Waals surface area contributed by atoms with E-state index in [-0.39, 0.29) is 6.04 Å². The standard InChI is InChI=1S/C17H23N3/c1-3-16(18)15-10-5-6-11-17(15)20(4-2)13-14-9-7-8-12-19-14/h5-12,16H,3-4,13,18H2,1-2H3/t16-/m0/s1. The van der Waals surface area contributed by atoms with Gasteiger partial charge in [-0.25, -0.2) is 0 Å². The van der Waals surface area contributed by atoms with Gasteiger partial charge in [-0.2, -0.15) is 0 Å². The highest BCUT2D eigenvalue weighted by Gasteiger charge is 2.14. The third-order valence-electron chi connectivity index (χ3n) is 3.58. The zero-order chi connectivity index (χ0) is 14.4. The Balaban J connectivity index is 2.28. The lowest BCUT2D eigenvalue weighted by Crippen LogP contribution is -2.25. The highest BCUT2D eigenvalue weighted by Crippen LogP contribution is 2.27. The van der Waals surface area contributed by atoms with Gasteiger partial charge < -0.3 is 10.6 Å². The minimum Gasteiger partial charge on any atom is -0.366 e. The van der Waals surface area contributed by atoms with Crippen molar-refractivity contribution < 1.29 is 0 Å². The first kappa shape index (κ1) is 14.5. The summed E-state index contributed by atoms with van der Waals surface area (Å²) in [5.74, 6) is 0. The van der Waals surface area contributed by atoms with Crippen LogP contribution >= 0.6 is 0 Å². The summed E-state index contributed by atoms with van der Waals surface area (Å²) in [6, 6.07) is 14.5. The average Bonchev–Trinajstić information content (AvgIpc) is 2.53. The smallest absolute Gasteiger partial charge is 0.0602 e. The summed E-state index contributed by atoms with van der Waals surface area (Å²) in [4.78, 5) is 6.74. The van der Waals surface area contributed by atoms with Crippen LogP contribution in [0, 0.1) is 0 Å². The maximum Gasteiger partial charge on any atom is 0.0602 e. The van der Waals surface area contributed by atoms with Crippen molar-refractivity contribution in [3.05, 3.63) is 59.9 Å². The number of rotatable bonds is 6. The molecule has 0 saturated heterocycles. The zero-order valence-electron chi connectivity index (χ0n) is 12.3. The third-order valence-corrected chi connectivity index (χ3v) is 3.58. The van der Waals surface area contributed by atoms with Gasteiger partial charge in [0.15, 0.2) is 0 Å². The van der Waals surface area contributed by atoms with Crippen LogP contribution in [0.4, 0.5) is 5.69 Å². The van der Waals surface area contributed by atoms with Crippen molar-refractivity contribution in [1.82, 2.24) is 4.98 Å². The van der Waals surface area contributed by atoms with E-state index in [1.807, 2.05) is 18.3 Å². The van der Waals surface area contributed by atoms with E-state index in [0.29, 0.717) is 0 Å². The van der Waals surface area contributed by atoms with Crippen LogP contribution < -0.4 is 10.6 Å². The Morgan fingerprint density at radius 2 is 1.85 bits per heavy atom. The molecule has 2 rings (SSSR count). The molecule has 0 fully saturated rings. The van der Waals surface area contributed by atoms with E-state index in [0.717, 1.165) is 25.2 Å². The van der Waals surface area contributed by atoms with Gasteiger partial charge in [-0.1, -0.05) is 31.2 Å². The van der Waals surface area contributed by atoms with E-state index in [4.69, 9.17) is 5.73 Å². The second kappa shape index (κ2) is 7.06. The molecule has 1 heterocycles. The lowest BCUT2D eigenvalue weighted by Gasteiger charge is -2.27. The van der Waals surface area contributed by atoms with Crippen LogP contribution in [0.15, 0.2) is 48.7 Å². The molecular formula is C17H23N3. The molecule has 3 heteroatoms. The van der Waals surface area contributed by atoms with Crippen LogP contribution in [0.3, 0.4) is 0 Å². The summed E-state index contributed by atoms with van der Waals surface area (Å²) < 4.78 is 0. The van der Waals surface area contributed by atoms with Gasteiger partial charge in [0.2, 0.25) is 0 Å². The second-order valence-electron chi connectivity index (χ2n) is 4.91. The third kappa shape index (κ3) is 3.36. The summed E-state index contributed by atoms with van der Waals surface area (Å²) in [5.41, 5.74) is 9.75. The first-order chi connectivity index (χ1) is 9.76.